The minimum absolute atomic E-state index is 0.00840. The fourth-order valence-electron chi connectivity index (χ4n) is 2.91. The maximum Gasteiger partial charge on any atom is 0.416 e. The minimum Gasteiger partial charge on any atom is -0.465 e. The number of hydrogen-bond acceptors (Lipinski definition) is 7. The molecule has 1 amide bonds. The average Bonchev–Trinajstić information content (AvgIpc) is 3.22. The van der Waals surface area contributed by atoms with Gasteiger partial charge < -0.3 is 9.64 Å². The Balaban J connectivity index is 1.65. The largest absolute Gasteiger partial charge is 0.465 e. The number of thiazole rings is 1. The number of ether oxygens (including phenoxy) is 1. The molecule has 0 aliphatic rings. The standard InChI is InChI=1S/C21H20F3N3O4S2/c1-2-31-19(30)11-26(10-14-3-5-15(6-4-14)21(22,23)24)18(29)13-32-12-16-9-17(28)27-7-8-33-20(27)25-16/h3-9H,2,10-13H2,1H3. The molecule has 1 aromatic carbocycles. The van der Waals surface area contributed by atoms with Crippen LogP contribution in [0.2, 0.25) is 0 Å². The van der Waals surface area contributed by atoms with Crippen molar-refractivity contribution < 1.29 is 27.5 Å². The van der Waals surface area contributed by atoms with Crippen molar-refractivity contribution >= 4 is 39.9 Å². The van der Waals surface area contributed by atoms with Gasteiger partial charge in [-0.3, -0.25) is 18.8 Å². The lowest BCUT2D eigenvalue weighted by atomic mass is 10.1. The monoisotopic (exact) mass is 499 g/mol. The molecular weight excluding hydrogens is 479 g/mol. The minimum atomic E-state index is -4.46. The Labute approximate surface area is 195 Å². The summed E-state index contributed by atoms with van der Waals surface area (Å²) in [7, 11) is 0. The van der Waals surface area contributed by atoms with Gasteiger partial charge in [-0.05, 0) is 24.6 Å². The van der Waals surface area contributed by atoms with Gasteiger partial charge in [0.2, 0.25) is 5.91 Å². The highest BCUT2D eigenvalue weighted by Gasteiger charge is 2.30. The molecule has 2 aromatic heterocycles. The van der Waals surface area contributed by atoms with Gasteiger partial charge in [-0.25, -0.2) is 4.98 Å². The van der Waals surface area contributed by atoms with E-state index in [1.165, 1.54) is 50.6 Å². The lowest BCUT2D eigenvalue weighted by Crippen LogP contribution is -2.37. The van der Waals surface area contributed by atoms with E-state index in [0.717, 1.165) is 12.1 Å². The first-order valence-corrected chi connectivity index (χ1v) is 11.8. The van der Waals surface area contributed by atoms with Crippen molar-refractivity contribution in [2.75, 3.05) is 18.9 Å². The van der Waals surface area contributed by atoms with Crippen LogP contribution in [0.25, 0.3) is 4.96 Å². The average molecular weight is 500 g/mol. The third-order valence-electron chi connectivity index (χ3n) is 4.46. The number of nitrogens with zero attached hydrogens (tertiary/aromatic N) is 3. The molecule has 3 rings (SSSR count). The Morgan fingerprint density at radius 1 is 1.24 bits per heavy atom. The molecule has 0 unspecified atom stereocenters. The molecule has 2 heterocycles. The number of carbonyl (C=O) groups excluding carboxylic acids is 2. The molecular formula is C21H20F3N3O4S2. The first kappa shape index (κ1) is 24.8. The molecule has 0 aliphatic carbocycles. The maximum atomic E-state index is 12.8. The van der Waals surface area contributed by atoms with E-state index in [0.29, 0.717) is 22.0 Å². The van der Waals surface area contributed by atoms with Gasteiger partial charge in [0.05, 0.1) is 23.6 Å². The molecule has 0 saturated carbocycles. The first-order valence-electron chi connectivity index (χ1n) is 9.80. The van der Waals surface area contributed by atoms with Gasteiger partial charge >= 0.3 is 12.1 Å². The van der Waals surface area contributed by atoms with E-state index < -0.39 is 17.7 Å². The molecule has 0 radical (unpaired) electrons. The third kappa shape index (κ3) is 6.81. The van der Waals surface area contributed by atoms with Crippen LogP contribution in [0.5, 0.6) is 0 Å². The van der Waals surface area contributed by atoms with Crippen molar-refractivity contribution in [3.05, 3.63) is 69.1 Å². The number of alkyl halides is 3. The second-order valence-electron chi connectivity index (χ2n) is 6.88. The zero-order chi connectivity index (χ0) is 24.0. The highest BCUT2D eigenvalue weighted by atomic mass is 32.2. The number of hydrogen-bond donors (Lipinski definition) is 0. The van der Waals surface area contributed by atoms with Gasteiger partial charge in [0.15, 0.2) is 4.96 Å². The third-order valence-corrected chi connectivity index (χ3v) is 6.17. The van der Waals surface area contributed by atoms with Crippen LogP contribution in [-0.4, -0.2) is 45.1 Å². The Hall–Kier alpha value is -2.86. The number of carbonyl (C=O) groups is 2. The molecule has 3 aromatic rings. The van der Waals surface area contributed by atoms with Crippen LogP contribution in [-0.2, 0) is 32.8 Å². The predicted molar refractivity (Wildman–Crippen MR) is 119 cm³/mol. The number of amides is 1. The van der Waals surface area contributed by atoms with Crippen LogP contribution in [0.4, 0.5) is 13.2 Å². The molecule has 176 valence electrons. The van der Waals surface area contributed by atoms with Crippen LogP contribution in [0.1, 0.15) is 23.7 Å². The van der Waals surface area contributed by atoms with Crippen LogP contribution in [0.15, 0.2) is 46.7 Å². The predicted octanol–water partition coefficient (Wildman–Crippen LogP) is 3.60. The summed E-state index contributed by atoms with van der Waals surface area (Å²) in [6.45, 7) is 1.41. The molecule has 0 atom stereocenters. The summed E-state index contributed by atoms with van der Waals surface area (Å²) in [6, 6.07) is 5.81. The molecule has 7 nitrogen and oxygen atoms in total. The topological polar surface area (TPSA) is 81.0 Å². The van der Waals surface area contributed by atoms with Gasteiger partial charge in [-0.1, -0.05) is 12.1 Å². The van der Waals surface area contributed by atoms with E-state index in [1.54, 1.807) is 18.5 Å². The quantitative estimate of drug-likeness (QED) is 0.419. The summed E-state index contributed by atoms with van der Waals surface area (Å²) in [6.07, 6.45) is -2.83. The number of aromatic nitrogens is 2. The van der Waals surface area contributed by atoms with Crippen LogP contribution < -0.4 is 5.56 Å². The van der Waals surface area contributed by atoms with E-state index in [-0.39, 0.29) is 36.9 Å². The smallest absolute Gasteiger partial charge is 0.416 e. The van der Waals surface area contributed by atoms with Crippen LogP contribution in [0.3, 0.4) is 0 Å². The van der Waals surface area contributed by atoms with Crippen LogP contribution in [0, 0.1) is 0 Å². The maximum absolute atomic E-state index is 12.8. The highest BCUT2D eigenvalue weighted by Crippen LogP contribution is 2.29. The summed E-state index contributed by atoms with van der Waals surface area (Å²) < 4.78 is 44.7. The van der Waals surface area contributed by atoms with E-state index in [2.05, 4.69) is 4.98 Å². The summed E-state index contributed by atoms with van der Waals surface area (Å²) in [5.74, 6) is -0.698. The van der Waals surface area contributed by atoms with Crippen molar-refractivity contribution in [1.29, 1.82) is 0 Å². The Bertz CT molecular complexity index is 1180. The molecule has 0 bridgehead atoms. The van der Waals surface area contributed by atoms with Crippen molar-refractivity contribution in [3.8, 4) is 0 Å². The molecule has 0 spiro atoms. The Morgan fingerprint density at radius 2 is 1.97 bits per heavy atom. The molecule has 0 N–H and O–H groups in total. The molecule has 0 aliphatic heterocycles. The normalized spacial score (nSPS) is 11.5. The van der Waals surface area contributed by atoms with Crippen molar-refractivity contribution in [2.24, 2.45) is 0 Å². The van der Waals surface area contributed by atoms with E-state index in [1.807, 2.05) is 0 Å². The highest BCUT2D eigenvalue weighted by molar-refractivity contribution is 7.99. The molecule has 0 saturated heterocycles. The summed E-state index contributed by atoms with van der Waals surface area (Å²) in [5, 5.41) is 1.75. The summed E-state index contributed by atoms with van der Waals surface area (Å²) in [5.41, 5.74) is -0.0333. The van der Waals surface area contributed by atoms with Crippen LogP contribution >= 0.6 is 23.1 Å². The van der Waals surface area contributed by atoms with Gasteiger partial charge in [0.1, 0.15) is 6.54 Å². The van der Waals surface area contributed by atoms with Gasteiger partial charge in [-0.2, -0.15) is 13.2 Å². The molecule has 0 fully saturated rings. The molecule has 33 heavy (non-hydrogen) atoms. The van der Waals surface area contributed by atoms with Crippen molar-refractivity contribution in [2.45, 2.75) is 25.4 Å². The number of fused-ring (bicyclic) bond motifs is 1. The lowest BCUT2D eigenvalue weighted by Gasteiger charge is -2.22. The lowest BCUT2D eigenvalue weighted by molar-refractivity contribution is -0.148. The second kappa shape index (κ2) is 10.8. The van der Waals surface area contributed by atoms with Crippen molar-refractivity contribution in [3.63, 3.8) is 0 Å². The SMILES string of the molecule is CCOC(=O)CN(Cc1ccc(C(F)(F)F)cc1)C(=O)CSCc1cc(=O)n2ccsc2n1. The number of thioether (sulfide) groups is 1. The number of esters is 1. The Kier molecular flexibility index (Phi) is 8.14. The number of rotatable bonds is 9. The Morgan fingerprint density at radius 3 is 2.64 bits per heavy atom. The van der Waals surface area contributed by atoms with E-state index in [9.17, 15) is 27.6 Å². The zero-order valence-electron chi connectivity index (χ0n) is 17.5. The summed E-state index contributed by atoms with van der Waals surface area (Å²) >= 11 is 2.54. The number of benzene rings is 1. The number of halogens is 3. The van der Waals surface area contributed by atoms with E-state index >= 15 is 0 Å². The van der Waals surface area contributed by atoms with Gasteiger partial charge in [-0.15, -0.1) is 23.1 Å². The fourth-order valence-corrected chi connectivity index (χ4v) is 4.47. The fraction of sp³-hybridized carbons (Fsp3) is 0.333. The van der Waals surface area contributed by atoms with Gasteiger partial charge in [0.25, 0.3) is 5.56 Å². The summed E-state index contributed by atoms with van der Waals surface area (Å²) in [4.78, 5) is 42.9. The second-order valence-corrected chi connectivity index (χ2v) is 8.74. The zero-order valence-corrected chi connectivity index (χ0v) is 19.1. The molecule has 12 heteroatoms. The van der Waals surface area contributed by atoms with Gasteiger partial charge in [0, 0.05) is 29.9 Å². The van der Waals surface area contributed by atoms with Crippen molar-refractivity contribution in [1.82, 2.24) is 14.3 Å². The van der Waals surface area contributed by atoms with E-state index in [4.69, 9.17) is 4.74 Å². The first-order chi connectivity index (χ1) is 15.7.